The number of anilines is 2. The van der Waals surface area contributed by atoms with Gasteiger partial charge in [-0.05, 0) is 18.2 Å². The predicted octanol–water partition coefficient (Wildman–Crippen LogP) is 0.356. The summed E-state index contributed by atoms with van der Waals surface area (Å²) in [4.78, 5) is 22.6. The Morgan fingerprint density at radius 3 is 2.94 bits per heavy atom. The number of amides is 1. The van der Waals surface area contributed by atoms with Crippen LogP contribution in [-0.4, -0.2) is 31.6 Å². The Morgan fingerprint density at radius 1 is 1.56 bits per heavy atom. The fraction of sp³-hybridized carbons (Fsp3) is 0.333. The van der Waals surface area contributed by atoms with E-state index in [1.165, 1.54) is 7.11 Å². The number of carbonyl (C=O) groups is 2. The molecule has 0 saturated carbocycles. The van der Waals surface area contributed by atoms with Crippen molar-refractivity contribution < 1.29 is 14.3 Å². The summed E-state index contributed by atoms with van der Waals surface area (Å²) in [6, 6.07) is 5.07. The summed E-state index contributed by atoms with van der Waals surface area (Å²) in [5.74, 6) is -0.451. The zero-order valence-electron chi connectivity index (χ0n) is 10.0. The summed E-state index contributed by atoms with van der Waals surface area (Å²) in [7, 11) is 1.31. The van der Waals surface area contributed by atoms with Crippen LogP contribution < -0.4 is 16.4 Å². The van der Waals surface area contributed by atoms with Crippen LogP contribution in [-0.2, 0) is 9.53 Å². The number of hydrogen-bond acceptors (Lipinski definition) is 5. The van der Waals surface area contributed by atoms with Crippen LogP contribution in [0.5, 0.6) is 0 Å². The molecule has 1 fully saturated rings. The SMILES string of the molecule is COC(=O)c1cc(NC2CNC(=O)C2)ccc1N. The quantitative estimate of drug-likeness (QED) is 0.531. The number of carbonyl (C=O) groups excluding carboxylic acids is 2. The van der Waals surface area contributed by atoms with E-state index >= 15 is 0 Å². The third-order valence-corrected chi connectivity index (χ3v) is 2.81. The van der Waals surface area contributed by atoms with Gasteiger partial charge < -0.3 is 21.1 Å². The summed E-state index contributed by atoms with van der Waals surface area (Å²) in [6.07, 6.45) is 0.429. The van der Waals surface area contributed by atoms with Crippen molar-refractivity contribution in [2.24, 2.45) is 0 Å². The van der Waals surface area contributed by atoms with E-state index in [4.69, 9.17) is 5.73 Å². The molecule has 1 amide bonds. The number of nitrogen functional groups attached to an aromatic ring is 1. The second-order valence-electron chi connectivity index (χ2n) is 4.14. The Hall–Kier alpha value is -2.24. The number of hydrogen-bond donors (Lipinski definition) is 3. The fourth-order valence-electron chi connectivity index (χ4n) is 1.88. The van der Waals surface area contributed by atoms with Gasteiger partial charge in [0.2, 0.25) is 5.91 Å². The molecule has 18 heavy (non-hydrogen) atoms. The minimum absolute atomic E-state index is 0.0242. The van der Waals surface area contributed by atoms with Crippen molar-refractivity contribution in [2.45, 2.75) is 12.5 Å². The molecule has 96 valence electrons. The molecule has 1 aromatic rings. The Balaban J connectivity index is 2.14. The van der Waals surface area contributed by atoms with Crippen LogP contribution in [0.1, 0.15) is 16.8 Å². The maximum absolute atomic E-state index is 11.5. The monoisotopic (exact) mass is 249 g/mol. The molecule has 6 nitrogen and oxygen atoms in total. The highest BCUT2D eigenvalue weighted by atomic mass is 16.5. The molecule has 1 aliphatic rings. The standard InChI is InChI=1S/C12H15N3O3/c1-18-12(17)9-4-7(2-3-10(9)13)15-8-5-11(16)14-6-8/h2-4,8,15H,5-6,13H2,1H3,(H,14,16). The Kier molecular flexibility index (Phi) is 3.36. The molecule has 4 N–H and O–H groups in total. The van der Waals surface area contributed by atoms with E-state index in [1.54, 1.807) is 18.2 Å². The molecule has 1 unspecified atom stereocenters. The number of nitrogens with one attached hydrogen (secondary N) is 2. The lowest BCUT2D eigenvalue weighted by Gasteiger charge is -2.13. The smallest absolute Gasteiger partial charge is 0.340 e. The van der Waals surface area contributed by atoms with E-state index in [1.807, 2.05) is 0 Å². The molecule has 6 heteroatoms. The van der Waals surface area contributed by atoms with Gasteiger partial charge in [-0.3, -0.25) is 4.79 Å². The number of esters is 1. The topological polar surface area (TPSA) is 93.5 Å². The largest absolute Gasteiger partial charge is 0.465 e. The zero-order chi connectivity index (χ0) is 13.1. The highest BCUT2D eigenvalue weighted by molar-refractivity contribution is 5.96. The molecule has 1 atom stereocenters. The average Bonchev–Trinajstić information content (AvgIpc) is 2.76. The number of nitrogens with two attached hydrogens (primary N) is 1. The molecular formula is C12H15N3O3. The van der Waals surface area contributed by atoms with Crippen molar-refractivity contribution in [1.82, 2.24) is 5.32 Å². The molecule has 1 aliphatic heterocycles. The van der Waals surface area contributed by atoms with Gasteiger partial charge in [0.1, 0.15) is 0 Å². The second kappa shape index (κ2) is 4.95. The Labute approximate surface area is 104 Å². The molecule has 1 heterocycles. The normalized spacial score (nSPS) is 18.3. The minimum Gasteiger partial charge on any atom is -0.465 e. The van der Waals surface area contributed by atoms with Crippen LogP contribution in [0.3, 0.4) is 0 Å². The van der Waals surface area contributed by atoms with Crippen LogP contribution in [0.4, 0.5) is 11.4 Å². The van der Waals surface area contributed by atoms with Crippen molar-refractivity contribution >= 4 is 23.3 Å². The highest BCUT2D eigenvalue weighted by Crippen LogP contribution is 2.20. The van der Waals surface area contributed by atoms with Gasteiger partial charge in [0, 0.05) is 24.3 Å². The molecule has 0 aromatic heterocycles. The first-order valence-electron chi connectivity index (χ1n) is 5.61. The van der Waals surface area contributed by atoms with Gasteiger partial charge >= 0.3 is 5.97 Å². The maximum Gasteiger partial charge on any atom is 0.340 e. The van der Waals surface area contributed by atoms with Crippen LogP contribution >= 0.6 is 0 Å². The van der Waals surface area contributed by atoms with Crippen LogP contribution in [0, 0.1) is 0 Å². The van der Waals surface area contributed by atoms with E-state index in [2.05, 4.69) is 15.4 Å². The molecule has 1 aromatic carbocycles. The van der Waals surface area contributed by atoms with Gasteiger partial charge in [-0.15, -0.1) is 0 Å². The third kappa shape index (κ3) is 2.53. The lowest BCUT2D eigenvalue weighted by molar-refractivity contribution is -0.119. The number of methoxy groups -OCH3 is 1. The number of ether oxygens (including phenoxy) is 1. The van der Waals surface area contributed by atoms with Crippen molar-refractivity contribution in [3.05, 3.63) is 23.8 Å². The summed E-state index contributed by atoms with van der Waals surface area (Å²) < 4.78 is 4.65. The van der Waals surface area contributed by atoms with E-state index in [9.17, 15) is 9.59 Å². The summed E-state index contributed by atoms with van der Waals surface area (Å²) in [5, 5.41) is 5.90. The van der Waals surface area contributed by atoms with Crippen LogP contribution in [0.2, 0.25) is 0 Å². The van der Waals surface area contributed by atoms with E-state index in [0.29, 0.717) is 24.2 Å². The fourth-order valence-corrected chi connectivity index (χ4v) is 1.88. The van der Waals surface area contributed by atoms with Gasteiger partial charge in [0.15, 0.2) is 0 Å². The van der Waals surface area contributed by atoms with Crippen LogP contribution in [0.15, 0.2) is 18.2 Å². The zero-order valence-corrected chi connectivity index (χ0v) is 10.0. The molecule has 2 rings (SSSR count). The molecule has 0 radical (unpaired) electrons. The first-order chi connectivity index (χ1) is 8.60. The Morgan fingerprint density at radius 2 is 2.33 bits per heavy atom. The first kappa shape index (κ1) is 12.2. The summed E-state index contributed by atoms with van der Waals surface area (Å²) in [5.41, 5.74) is 7.13. The minimum atomic E-state index is -0.475. The van der Waals surface area contributed by atoms with Crippen LogP contribution in [0.25, 0.3) is 0 Å². The lowest BCUT2D eigenvalue weighted by Crippen LogP contribution is -2.22. The van der Waals surface area contributed by atoms with Crippen molar-refractivity contribution in [3.63, 3.8) is 0 Å². The van der Waals surface area contributed by atoms with E-state index in [-0.39, 0.29) is 11.9 Å². The Bertz CT molecular complexity index is 487. The van der Waals surface area contributed by atoms with Gasteiger partial charge in [-0.2, -0.15) is 0 Å². The van der Waals surface area contributed by atoms with E-state index in [0.717, 1.165) is 5.69 Å². The lowest BCUT2D eigenvalue weighted by atomic mass is 10.1. The molecule has 0 bridgehead atoms. The highest BCUT2D eigenvalue weighted by Gasteiger charge is 2.21. The summed E-state index contributed by atoms with van der Waals surface area (Å²) in [6.45, 7) is 0.580. The molecule has 1 saturated heterocycles. The van der Waals surface area contributed by atoms with Gasteiger partial charge in [-0.25, -0.2) is 4.79 Å². The molecular weight excluding hydrogens is 234 g/mol. The average molecular weight is 249 g/mol. The maximum atomic E-state index is 11.5. The molecule has 0 spiro atoms. The first-order valence-corrected chi connectivity index (χ1v) is 5.61. The number of benzene rings is 1. The number of rotatable bonds is 3. The van der Waals surface area contributed by atoms with E-state index < -0.39 is 5.97 Å². The second-order valence-corrected chi connectivity index (χ2v) is 4.14. The van der Waals surface area contributed by atoms with Gasteiger partial charge in [-0.1, -0.05) is 0 Å². The summed E-state index contributed by atoms with van der Waals surface area (Å²) >= 11 is 0. The third-order valence-electron chi connectivity index (χ3n) is 2.81. The van der Waals surface area contributed by atoms with Crippen molar-refractivity contribution in [2.75, 3.05) is 24.7 Å². The predicted molar refractivity (Wildman–Crippen MR) is 67.2 cm³/mol. The van der Waals surface area contributed by atoms with Crippen molar-refractivity contribution in [3.8, 4) is 0 Å². The molecule has 0 aliphatic carbocycles. The van der Waals surface area contributed by atoms with Crippen molar-refractivity contribution in [1.29, 1.82) is 0 Å². The van der Waals surface area contributed by atoms with Gasteiger partial charge in [0.25, 0.3) is 0 Å². The van der Waals surface area contributed by atoms with Gasteiger partial charge in [0.05, 0.1) is 18.7 Å².